The molecule has 0 bridgehead atoms. The molecule has 28 nitrogen and oxygen atoms in total. The van der Waals surface area contributed by atoms with Gasteiger partial charge >= 0.3 is 11.9 Å². The van der Waals surface area contributed by atoms with Gasteiger partial charge in [0.15, 0.2) is 0 Å². The van der Waals surface area contributed by atoms with Crippen molar-refractivity contribution in [2.45, 2.75) is 133 Å². The van der Waals surface area contributed by atoms with E-state index in [-0.39, 0.29) is 43.6 Å². The number of aliphatic carboxylic acids is 2. The number of carbonyl (C=O) groups excluding carboxylic acids is 9. The van der Waals surface area contributed by atoms with Crippen molar-refractivity contribution >= 4 is 76.9 Å². The molecule has 0 radical (unpaired) electrons. The summed E-state index contributed by atoms with van der Waals surface area (Å²) in [6.07, 6.45) is 1.17. The maximum Gasteiger partial charge on any atom is 0.326 e. The molecule has 11 atom stereocenters. The summed E-state index contributed by atoms with van der Waals surface area (Å²) in [5.41, 5.74) is 7.35. The zero-order valence-corrected chi connectivity index (χ0v) is 48.9. The van der Waals surface area contributed by atoms with Gasteiger partial charge in [0.2, 0.25) is 53.2 Å². The summed E-state index contributed by atoms with van der Waals surface area (Å²) >= 11 is 1.34. The van der Waals surface area contributed by atoms with E-state index in [1.807, 2.05) is 0 Å². The fourth-order valence-corrected chi connectivity index (χ4v) is 9.00. The number of benzene rings is 3. The Labute approximate surface area is 499 Å². The summed E-state index contributed by atoms with van der Waals surface area (Å²) in [5.74, 6) is -12.1. The molecular formula is C57H76N12O16S. The summed E-state index contributed by atoms with van der Waals surface area (Å²) in [4.78, 5) is 156. The number of nitrogens with zero attached hydrogens (tertiary/aromatic N) is 1. The van der Waals surface area contributed by atoms with Crippen LogP contribution in [0, 0.1) is 5.92 Å². The second-order valence-corrected chi connectivity index (χ2v) is 21.4. The molecule has 17 N–H and O–H groups in total. The highest BCUT2D eigenvalue weighted by molar-refractivity contribution is 7.98. The number of carboxylic acid groups (broad SMARTS) is 2. The minimum Gasteiger partial charge on any atom is -0.508 e. The summed E-state index contributed by atoms with van der Waals surface area (Å²) in [5, 5.41) is 72.8. The van der Waals surface area contributed by atoms with Crippen LogP contribution in [0.1, 0.15) is 69.3 Å². The Morgan fingerprint density at radius 3 is 1.49 bits per heavy atom. The second kappa shape index (κ2) is 34.6. The van der Waals surface area contributed by atoms with Crippen molar-refractivity contribution in [3.63, 3.8) is 0 Å². The minimum atomic E-state index is -2.01. The van der Waals surface area contributed by atoms with E-state index in [2.05, 4.69) is 57.8 Å². The molecule has 3 aromatic carbocycles. The number of aliphatic hydroxyl groups is 1. The third-order valence-corrected chi connectivity index (χ3v) is 14.2. The van der Waals surface area contributed by atoms with Crippen LogP contribution in [0.25, 0.3) is 0 Å². The standard InChI is InChI=1S/C57H76N12O16S/c1-6-30(2)47(68-53(80)40(62-45(73)27-58)23-34-12-16-37(71)17-13-34)55(82)65-42(22-33-10-8-7-9-11-33)54(81)69-48(32(4)70)56(83)66-43(26-46(74)75)52(79)64-41(24-35-14-18-38(72)19-15-35)51(78)61-31(3)49(76)63-39(20-21-86-5)50(77)67-44(57(84)85)25-36-28-59-29-60-36/h7-19,28-32,39-44,47-48,70-72H,6,20-27,58H2,1-5H3,(H,59,60)(H,61,78)(H,62,73)(H,63,76)(H,64,79)(H,65,82)(H,66,83)(H,67,77)(H,68,80)(H,69,81)(H,74,75)(H,84,85)/t30-,31-,32+,39-,40-,41-,42-,43-,44-,47-,48-/m0/s1. The number of phenolic OH excluding ortho intramolecular Hbond substituents is 2. The van der Waals surface area contributed by atoms with Crippen LogP contribution >= 0.6 is 11.8 Å². The number of rotatable bonds is 35. The van der Waals surface area contributed by atoms with E-state index in [1.54, 1.807) is 50.4 Å². The first-order valence-corrected chi connectivity index (χ1v) is 28.8. The number of aliphatic hydroxyl groups excluding tert-OH is 1. The summed E-state index contributed by atoms with van der Waals surface area (Å²) in [7, 11) is 0. The Kier molecular flexibility index (Phi) is 27.9. The molecule has 9 amide bonds. The largest absolute Gasteiger partial charge is 0.508 e. The van der Waals surface area contributed by atoms with Crippen LogP contribution in [0.4, 0.5) is 0 Å². The number of phenols is 2. The first-order valence-electron chi connectivity index (χ1n) is 27.4. The molecule has 4 aromatic rings. The van der Waals surface area contributed by atoms with Crippen molar-refractivity contribution in [3.05, 3.63) is 114 Å². The van der Waals surface area contributed by atoms with Crippen LogP contribution in [-0.2, 0) is 78.4 Å². The van der Waals surface area contributed by atoms with Crippen molar-refractivity contribution in [1.82, 2.24) is 57.8 Å². The number of amides is 9. The minimum absolute atomic E-state index is 0.0408. The normalized spacial score (nSPS) is 14.9. The van der Waals surface area contributed by atoms with Gasteiger partial charge < -0.3 is 84.1 Å². The average molecular weight is 1220 g/mol. The van der Waals surface area contributed by atoms with Crippen molar-refractivity contribution in [1.29, 1.82) is 0 Å². The molecule has 1 heterocycles. The van der Waals surface area contributed by atoms with Gasteiger partial charge in [-0.05, 0) is 79.2 Å². The number of H-pyrrole nitrogens is 1. The van der Waals surface area contributed by atoms with E-state index in [1.165, 1.54) is 79.7 Å². The summed E-state index contributed by atoms with van der Waals surface area (Å²) < 4.78 is 0. The number of aromatic hydroxyl groups is 2. The van der Waals surface area contributed by atoms with Gasteiger partial charge in [0.05, 0.1) is 25.4 Å². The highest BCUT2D eigenvalue weighted by Gasteiger charge is 2.38. The molecule has 4 rings (SSSR count). The molecular weight excluding hydrogens is 1140 g/mol. The number of hydrogen-bond acceptors (Lipinski definition) is 17. The Balaban J connectivity index is 1.56. The van der Waals surface area contributed by atoms with E-state index in [9.17, 15) is 78.3 Å². The molecule has 0 saturated heterocycles. The smallest absolute Gasteiger partial charge is 0.326 e. The molecule has 86 heavy (non-hydrogen) atoms. The van der Waals surface area contributed by atoms with E-state index < -0.39 is 144 Å². The molecule has 0 unspecified atom stereocenters. The number of nitrogens with one attached hydrogen (secondary N) is 10. The van der Waals surface area contributed by atoms with Crippen molar-refractivity contribution in [2.75, 3.05) is 18.6 Å². The Bertz CT molecular complexity index is 2940. The van der Waals surface area contributed by atoms with E-state index in [4.69, 9.17) is 5.73 Å². The second-order valence-electron chi connectivity index (χ2n) is 20.4. The van der Waals surface area contributed by atoms with Crippen LogP contribution in [0.2, 0.25) is 0 Å². The topological polar surface area (TPSA) is 452 Å². The molecule has 0 aliphatic carbocycles. The fraction of sp³-hybridized carbons (Fsp3) is 0.439. The number of thioether (sulfide) groups is 1. The molecule has 0 saturated carbocycles. The number of hydrogen-bond donors (Lipinski definition) is 16. The number of carbonyl (C=O) groups is 11. The zero-order valence-electron chi connectivity index (χ0n) is 48.0. The van der Waals surface area contributed by atoms with Crippen molar-refractivity contribution in [2.24, 2.45) is 11.7 Å². The van der Waals surface area contributed by atoms with Crippen molar-refractivity contribution < 1.29 is 78.3 Å². The van der Waals surface area contributed by atoms with Crippen LogP contribution in [0.15, 0.2) is 91.4 Å². The van der Waals surface area contributed by atoms with Gasteiger partial charge in [0.1, 0.15) is 65.9 Å². The van der Waals surface area contributed by atoms with Gasteiger partial charge in [-0.2, -0.15) is 11.8 Å². The van der Waals surface area contributed by atoms with Gasteiger partial charge in [-0.15, -0.1) is 0 Å². The first kappa shape index (κ1) is 69.4. The molecule has 1 aromatic heterocycles. The number of nitrogens with two attached hydrogens (primary N) is 1. The first-order chi connectivity index (χ1) is 40.8. The molecule has 466 valence electrons. The highest BCUT2D eigenvalue weighted by Crippen LogP contribution is 2.16. The monoisotopic (exact) mass is 1220 g/mol. The molecule has 0 spiro atoms. The van der Waals surface area contributed by atoms with Gasteiger partial charge in [-0.25, -0.2) is 9.78 Å². The predicted octanol–water partition coefficient (Wildman–Crippen LogP) is -1.83. The van der Waals surface area contributed by atoms with Gasteiger partial charge in [-0.1, -0.05) is 74.9 Å². The molecule has 0 aliphatic heterocycles. The van der Waals surface area contributed by atoms with Crippen LogP contribution in [-0.4, -0.2) is 180 Å². The Hall–Kier alpha value is -9.09. The molecule has 0 aliphatic rings. The average Bonchev–Trinajstić information content (AvgIpc) is 3.57. The number of aromatic amines is 1. The van der Waals surface area contributed by atoms with Crippen LogP contribution < -0.4 is 53.6 Å². The SMILES string of the molecule is CC[C@H](C)[C@H](NC(=O)[C@H](Cc1ccc(O)cc1)NC(=O)CN)C(=O)N[C@@H](Cc1ccccc1)C(=O)N[C@H](C(=O)N[C@@H](CC(=O)O)C(=O)N[C@@H](Cc1ccc(O)cc1)C(=O)N[C@@H](C)C(=O)N[C@@H](CCSC)C(=O)N[C@@H](Cc1cnc[nH]1)C(=O)O)[C@@H](C)O. The Morgan fingerprint density at radius 1 is 0.547 bits per heavy atom. The molecule has 0 fully saturated rings. The van der Waals surface area contributed by atoms with E-state index in [0.717, 1.165) is 6.92 Å². The third kappa shape index (κ3) is 22.8. The molecule has 29 heteroatoms. The van der Waals surface area contributed by atoms with Gasteiger partial charge in [0.25, 0.3) is 0 Å². The maximum absolute atomic E-state index is 14.4. The Morgan fingerprint density at radius 2 is 1.00 bits per heavy atom. The lowest BCUT2D eigenvalue weighted by Crippen LogP contribution is -2.63. The van der Waals surface area contributed by atoms with Crippen molar-refractivity contribution in [3.8, 4) is 11.5 Å². The summed E-state index contributed by atoms with van der Waals surface area (Å²) in [6, 6.07) is 5.70. The lowest BCUT2D eigenvalue weighted by Gasteiger charge is -2.30. The lowest BCUT2D eigenvalue weighted by molar-refractivity contribution is -0.142. The van der Waals surface area contributed by atoms with E-state index in [0.29, 0.717) is 34.6 Å². The lowest BCUT2D eigenvalue weighted by atomic mass is 9.96. The maximum atomic E-state index is 14.4. The number of aromatic nitrogens is 2. The van der Waals surface area contributed by atoms with Gasteiger partial charge in [-0.3, -0.25) is 47.9 Å². The van der Waals surface area contributed by atoms with Crippen LogP contribution in [0.5, 0.6) is 11.5 Å². The van der Waals surface area contributed by atoms with E-state index >= 15 is 0 Å². The quantitative estimate of drug-likeness (QED) is 0.0241. The number of imidazole rings is 1. The number of carboxylic acids is 2. The predicted molar refractivity (Wildman–Crippen MR) is 312 cm³/mol. The van der Waals surface area contributed by atoms with Gasteiger partial charge in [0, 0.05) is 37.6 Å². The third-order valence-electron chi connectivity index (χ3n) is 13.6. The zero-order chi connectivity index (χ0) is 63.6. The fourth-order valence-electron chi connectivity index (χ4n) is 8.53. The summed E-state index contributed by atoms with van der Waals surface area (Å²) in [6.45, 7) is 5.31. The highest BCUT2D eigenvalue weighted by atomic mass is 32.2. The van der Waals surface area contributed by atoms with Crippen LogP contribution in [0.3, 0.4) is 0 Å².